The van der Waals surface area contributed by atoms with E-state index in [1.807, 2.05) is 36.6 Å². The first-order valence-corrected chi connectivity index (χ1v) is 7.57. The van der Waals surface area contributed by atoms with Gasteiger partial charge in [0.1, 0.15) is 12.1 Å². The Labute approximate surface area is 121 Å². The van der Waals surface area contributed by atoms with E-state index in [-0.39, 0.29) is 0 Å². The van der Waals surface area contributed by atoms with Crippen LogP contribution in [0.3, 0.4) is 0 Å². The first kappa shape index (κ1) is 13.5. The molecule has 92 valence electrons. The molecule has 4 heteroatoms. The molecular formula is C15H10N2S2. The maximum absolute atomic E-state index is 9.17. The van der Waals surface area contributed by atoms with Crippen LogP contribution >= 0.6 is 23.5 Å². The molecule has 0 bridgehead atoms. The molecule has 0 heterocycles. The molecular weight excluding hydrogens is 272 g/mol. The summed E-state index contributed by atoms with van der Waals surface area (Å²) in [4.78, 5) is 3.08. The van der Waals surface area contributed by atoms with Crippen molar-refractivity contribution in [1.82, 2.24) is 0 Å². The van der Waals surface area contributed by atoms with E-state index in [4.69, 9.17) is 5.26 Å². The van der Waals surface area contributed by atoms with Crippen LogP contribution in [0.2, 0.25) is 0 Å². The average molecular weight is 282 g/mol. The monoisotopic (exact) mass is 282 g/mol. The lowest BCUT2D eigenvalue weighted by molar-refractivity contribution is 1.31. The summed E-state index contributed by atoms with van der Waals surface area (Å²) in [5, 5.41) is 18.2. The fourth-order valence-electron chi connectivity index (χ4n) is 1.60. The minimum absolute atomic E-state index is 0.424. The van der Waals surface area contributed by atoms with Gasteiger partial charge in [-0.15, -0.1) is 11.8 Å². The Kier molecular flexibility index (Phi) is 4.52. The van der Waals surface area contributed by atoms with Crippen molar-refractivity contribution in [2.75, 3.05) is 6.26 Å². The van der Waals surface area contributed by atoms with Crippen LogP contribution in [-0.4, -0.2) is 6.26 Å². The van der Waals surface area contributed by atoms with Crippen molar-refractivity contribution in [2.45, 2.75) is 14.7 Å². The Morgan fingerprint density at radius 3 is 2.16 bits per heavy atom. The molecule has 2 nitrogen and oxygen atoms in total. The third kappa shape index (κ3) is 3.12. The summed E-state index contributed by atoms with van der Waals surface area (Å²) < 4.78 is 0. The fourth-order valence-corrected chi connectivity index (χ4v) is 2.93. The van der Waals surface area contributed by atoms with Gasteiger partial charge < -0.3 is 0 Å². The van der Waals surface area contributed by atoms with E-state index in [1.54, 1.807) is 23.9 Å². The number of hydrogen-bond acceptors (Lipinski definition) is 4. The molecule has 0 spiro atoms. The van der Waals surface area contributed by atoms with Crippen LogP contribution in [0.15, 0.2) is 57.2 Å². The van der Waals surface area contributed by atoms with Gasteiger partial charge in [-0.2, -0.15) is 10.5 Å². The lowest BCUT2D eigenvalue weighted by atomic mass is 10.1. The Balaban J connectivity index is 2.33. The predicted octanol–water partition coefficient (Wildman–Crippen LogP) is 4.30. The zero-order valence-electron chi connectivity index (χ0n) is 10.3. The molecule has 19 heavy (non-hydrogen) atoms. The number of hydrogen-bond donors (Lipinski definition) is 0. The lowest BCUT2D eigenvalue weighted by Gasteiger charge is -2.05. The Morgan fingerprint density at radius 1 is 0.895 bits per heavy atom. The normalized spacial score (nSPS) is 9.63. The van der Waals surface area contributed by atoms with Gasteiger partial charge in [-0.25, -0.2) is 0 Å². The molecule has 0 amide bonds. The molecule has 0 unspecified atom stereocenters. The molecule has 0 saturated carbocycles. The van der Waals surface area contributed by atoms with Crippen LogP contribution < -0.4 is 0 Å². The number of nitriles is 2. The van der Waals surface area contributed by atoms with Gasteiger partial charge in [0.05, 0.1) is 11.1 Å². The summed E-state index contributed by atoms with van der Waals surface area (Å²) in [5.74, 6) is 0. The average Bonchev–Trinajstić information content (AvgIpc) is 2.47. The zero-order chi connectivity index (χ0) is 13.7. The van der Waals surface area contributed by atoms with Crippen LogP contribution in [-0.2, 0) is 0 Å². The summed E-state index contributed by atoms with van der Waals surface area (Å²) in [6.45, 7) is 0. The third-order valence-corrected chi connectivity index (χ3v) is 4.36. The van der Waals surface area contributed by atoms with Gasteiger partial charge in [0.15, 0.2) is 0 Å². The second-order valence-corrected chi connectivity index (χ2v) is 5.67. The zero-order valence-corrected chi connectivity index (χ0v) is 11.9. The maximum atomic E-state index is 9.17. The first-order valence-electron chi connectivity index (χ1n) is 5.53. The Bertz CT molecular complexity index is 664. The highest BCUT2D eigenvalue weighted by Crippen LogP contribution is 2.32. The summed E-state index contributed by atoms with van der Waals surface area (Å²) in [7, 11) is 0. The number of nitrogens with zero attached hydrogens (tertiary/aromatic N) is 2. The number of rotatable bonds is 3. The van der Waals surface area contributed by atoms with Crippen molar-refractivity contribution in [3.05, 3.63) is 53.6 Å². The van der Waals surface area contributed by atoms with Crippen molar-refractivity contribution in [1.29, 1.82) is 10.5 Å². The van der Waals surface area contributed by atoms with Crippen molar-refractivity contribution in [2.24, 2.45) is 0 Å². The molecule has 0 N–H and O–H groups in total. The Hall–Kier alpha value is -1.88. The van der Waals surface area contributed by atoms with Gasteiger partial charge in [0.2, 0.25) is 0 Å². The SMILES string of the molecule is CSc1ccc(Sc2cccc(C#N)c2C#N)cc1. The van der Waals surface area contributed by atoms with E-state index in [0.717, 1.165) is 9.79 Å². The summed E-state index contributed by atoms with van der Waals surface area (Å²) in [6, 6.07) is 17.6. The van der Waals surface area contributed by atoms with E-state index in [9.17, 15) is 5.26 Å². The molecule has 0 aliphatic heterocycles. The van der Waals surface area contributed by atoms with Gasteiger partial charge in [0, 0.05) is 14.7 Å². The topological polar surface area (TPSA) is 47.6 Å². The largest absolute Gasteiger partial charge is 0.192 e. The van der Waals surface area contributed by atoms with Crippen molar-refractivity contribution in [3.8, 4) is 12.1 Å². The second-order valence-electron chi connectivity index (χ2n) is 3.68. The van der Waals surface area contributed by atoms with E-state index < -0.39 is 0 Å². The van der Waals surface area contributed by atoms with E-state index in [2.05, 4.69) is 12.1 Å². The molecule has 2 aromatic rings. The van der Waals surface area contributed by atoms with Gasteiger partial charge in [-0.3, -0.25) is 0 Å². The highest BCUT2D eigenvalue weighted by molar-refractivity contribution is 7.99. The van der Waals surface area contributed by atoms with Gasteiger partial charge >= 0.3 is 0 Å². The standard InChI is InChI=1S/C15H10N2S2/c1-18-12-5-7-13(8-6-12)19-15-4-2-3-11(9-16)14(15)10-17/h2-8H,1H3. The van der Waals surface area contributed by atoms with E-state index in [0.29, 0.717) is 11.1 Å². The van der Waals surface area contributed by atoms with Crippen molar-refractivity contribution < 1.29 is 0 Å². The van der Waals surface area contributed by atoms with Crippen LogP contribution in [0, 0.1) is 22.7 Å². The predicted molar refractivity (Wildman–Crippen MR) is 78.2 cm³/mol. The fraction of sp³-hybridized carbons (Fsp3) is 0.0667. The smallest absolute Gasteiger partial charge is 0.102 e. The summed E-state index contributed by atoms with van der Waals surface area (Å²) in [5.41, 5.74) is 0.872. The third-order valence-electron chi connectivity index (χ3n) is 2.55. The van der Waals surface area contributed by atoms with E-state index >= 15 is 0 Å². The minimum Gasteiger partial charge on any atom is -0.192 e. The second kappa shape index (κ2) is 6.33. The van der Waals surface area contributed by atoms with Crippen LogP contribution in [0.5, 0.6) is 0 Å². The molecule has 0 atom stereocenters. The highest BCUT2D eigenvalue weighted by Gasteiger charge is 2.08. The maximum Gasteiger partial charge on any atom is 0.102 e. The Morgan fingerprint density at radius 2 is 1.58 bits per heavy atom. The molecule has 2 aromatic carbocycles. The number of thioether (sulfide) groups is 1. The van der Waals surface area contributed by atoms with Crippen LogP contribution in [0.4, 0.5) is 0 Å². The quantitative estimate of drug-likeness (QED) is 0.787. The minimum atomic E-state index is 0.424. The molecule has 0 saturated heterocycles. The van der Waals surface area contributed by atoms with Gasteiger partial charge in [-0.05, 0) is 42.7 Å². The van der Waals surface area contributed by atoms with Gasteiger partial charge in [0.25, 0.3) is 0 Å². The highest BCUT2D eigenvalue weighted by atomic mass is 32.2. The molecule has 0 aliphatic carbocycles. The van der Waals surface area contributed by atoms with Crippen molar-refractivity contribution in [3.63, 3.8) is 0 Å². The lowest BCUT2D eigenvalue weighted by Crippen LogP contribution is -1.87. The molecule has 2 rings (SSSR count). The first-order chi connectivity index (χ1) is 9.28. The van der Waals surface area contributed by atoms with Crippen molar-refractivity contribution >= 4 is 23.5 Å². The molecule has 0 radical (unpaired) electrons. The number of benzene rings is 2. The van der Waals surface area contributed by atoms with Gasteiger partial charge in [-0.1, -0.05) is 17.8 Å². The van der Waals surface area contributed by atoms with E-state index in [1.165, 1.54) is 16.7 Å². The molecule has 0 fully saturated rings. The van der Waals surface area contributed by atoms with Crippen LogP contribution in [0.25, 0.3) is 0 Å². The molecule has 0 aliphatic rings. The molecule has 0 aromatic heterocycles. The summed E-state index contributed by atoms with van der Waals surface area (Å²) in [6.07, 6.45) is 2.03. The van der Waals surface area contributed by atoms with Crippen LogP contribution in [0.1, 0.15) is 11.1 Å². The summed E-state index contributed by atoms with van der Waals surface area (Å²) >= 11 is 3.20.